The van der Waals surface area contributed by atoms with Crippen molar-refractivity contribution in [2.45, 2.75) is 129 Å². The van der Waals surface area contributed by atoms with Gasteiger partial charge in [0.15, 0.2) is 0 Å². The highest BCUT2D eigenvalue weighted by Gasteiger charge is 2.45. The molecule has 0 spiro atoms. The summed E-state index contributed by atoms with van der Waals surface area (Å²) in [5.74, 6) is -0.594. The lowest BCUT2D eigenvalue weighted by atomic mass is 9.86. The maximum Gasteiger partial charge on any atom is 0.334 e. The highest BCUT2D eigenvalue weighted by atomic mass is 16.6. The summed E-state index contributed by atoms with van der Waals surface area (Å²) in [7, 11) is 0. The van der Waals surface area contributed by atoms with Crippen LogP contribution in [0.5, 0.6) is 0 Å². The first-order valence-electron chi connectivity index (χ1n) is 15.1. The van der Waals surface area contributed by atoms with E-state index in [-0.39, 0.29) is 41.3 Å². The van der Waals surface area contributed by atoms with Gasteiger partial charge in [-0.1, -0.05) is 45.6 Å². The first-order chi connectivity index (χ1) is 18.7. The van der Waals surface area contributed by atoms with Crippen LogP contribution >= 0.6 is 0 Å². The average molecular weight is 555 g/mol. The molecule has 0 aromatic carbocycles. The molecule has 6 heteroatoms. The number of carbonyl (C=O) groups is 3. The summed E-state index contributed by atoms with van der Waals surface area (Å²) in [5.41, 5.74) is -0.129. The predicted molar refractivity (Wildman–Crippen MR) is 157 cm³/mol. The molecule has 0 aliphatic heterocycles. The zero-order valence-corrected chi connectivity index (χ0v) is 25.6. The zero-order valence-electron chi connectivity index (χ0n) is 25.6. The van der Waals surface area contributed by atoms with Crippen LogP contribution in [0.15, 0.2) is 48.1 Å². The third-order valence-corrected chi connectivity index (χ3v) is 9.32. The van der Waals surface area contributed by atoms with E-state index in [0.29, 0.717) is 36.0 Å². The monoisotopic (exact) mass is 554 g/mol. The van der Waals surface area contributed by atoms with Crippen molar-refractivity contribution < 1.29 is 28.6 Å². The molecule has 0 amide bonds. The van der Waals surface area contributed by atoms with Crippen LogP contribution in [0.3, 0.4) is 0 Å². The van der Waals surface area contributed by atoms with E-state index < -0.39 is 11.2 Å². The second-order valence-electron chi connectivity index (χ2n) is 13.2. The second-order valence-corrected chi connectivity index (χ2v) is 13.2. The number of allylic oxidation sites excluding steroid dienone is 2. The average Bonchev–Trinajstić information content (AvgIpc) is 3.49. The Balaban J connectivity index is 1.60. The van der Waals surface area contributed by atoms with Crippen LogP contribution in [0.1, 0.15) is 112 Å². The van der Waals surface area contributed by atoms with E-state index in [1.165, 1.54) is 6.42 Å². The molecule has 0 N–H and O–H groups in total. The van der Waals surface area contributed by atoms with Crippen LogP contribution in [0, 0.1) is 17.8 Å². The number of hydrogen-bond donors (Lipinski definition) is 0. The number of carbonyl (C=O) groups excluding carboxylic acids is 3. The Kier molecular flexibility index (Phi) is 10.3. The molecule has 4 atom stereocenters. The highest BCUT2D eigenvalue weighted by molar-refractivity contribution is 5.89. The first-order valence-corrected chi connectivity index (χ1v) is 15.1. The summed E-state index contributed by atoms with van der Waals surface area (Å²) < 4.78 is 17.9. The van der Waals surface area contributed by atoms with Gasteiger partial charge < -0.3 is 14.2 Å². The fraction of sp³-hybridized carbons (Fsp3) is 0.676. The van der Waals surface area contributed by atoms with E-state index in [2.05, 4.69) is 27.0 Å². The van der Waals surface area contributed by atoms with Gasteiger partial charge in [-0.05, 0) is 116 Å². The quantitative estimate of drug-likeness (QED) is 0.119. The van der Waals surface area contributed by atoms with Crippen molar-refractivity contribution in [3.8, 4) is 0 Å². The maximum atomic E-state index is 13.2. The predicted octanol–water partition coefficient (Wildman–Crippen LogP) is 7.73. The van der Waals surface area contributed by atoms with Gasteiger partial charge >= 0.3 is 17.9 Å². The molecule has 40 heavy (non-hydrogen) atoms. The Morgan fingerprint density at radius 2 is 1.32 bits per heavy atom. The molecule has 4 unspecified atom stereocenters. The van der Waals surface area contributed by atoms with Crippen LogP contribution < -0.4 is 0 Å². The molecule has 3 fully saturated rings. The van der Waals surface area contributed by atoms with Gasteiger partial charge in [-0.25, -0.2) is 14.4 Å². The third kappa shape index (κ3) is 7.76. The third-order valence-electron chi connectivity index (χ3n) is 9.32. The molecule has 3 saturated carbocycles. The van der Waals surface area contributed by atoms with Gasteiger partial charge in [0.05, 0.1) is 0 Å². The van der Waals surface area contributed by atoms with Crippen molar-refractivity contribution in [1.29, 1.82) is 0 Å². The van der Waals surface area contributed by atoms with Gasteiger partial charge in [0.25, 0.3) is 0 Å². The topological polar surface area (TPSA) is 78.9 Å². The minimum atomic E-state index is -0.763. The largest absolute Gasteiger partial charge is 0.456 e. The molecule has 3 aliphatic carbocycles. The molecule has 3 rings (SSSR count). The van der Waals surface area contributed by atoms with E-state index in [9.17, 15) is 14.4 Å². The van der Waals surface area contributed by atoms with Gasteiger partial charge in [0.2, 0.25) is 0 Å². The summed E-state index contributed by atoms with van der Waals surface area (Å²) in [6.07, 6.45) is 15.2. The van der Waals surface area contributed by atoms with Crippen LogP contribution in [0.4, 0.5) is 0 Å². The molecule has 0 aromatic rings. The number of hydrogen-bond acceptors (Lipinski definition) is 6. The van der Waals surface area contributed by atoms with Crippen molar-refractivity contribution in [1.82, 2.24) is 0 Å². The fourth-order valence-corrected chi connectivity index (χ4v) is 6.58. The fourth-order valence-electron chi connectivity index (χ4n) is 6.58. The van der Waals surface area contributed by atoms with Crippen LogP contribution in [-0.2, 0) is 28.6 Å². The summed E-state index contributed by atoms with van der Waals surface area (Å²) in [6, 6.07) is 0. The summed E-state index contributed by atoms with van der Waals surface area (Å²) in [6.45, 7) is 19.1. The van der Waals surface area contributed by atoms with Crippen molar-refractivity contribution in [2.24, 2.45) is 17.8 Å². The molecule has 0 heterocycles. The number of rotatable bonds is 10. The second kappa shape index (κ2) is 12.9. The highest BCUT2D eigenvalue weighted by Crippen LogP contribution is 2.45. The Morgan fingerprint density at radius 1 is 0.775 bits per heavy atom. The Labute approximate surface area is 241 Å². The Morgan fingerprint density at radius 3 is 1.88 bits per heavy atom. The van der Waals surface area contributed by atoms with Crippen molar-refractivity contribution in [3.05, 3.63) is 48.1 Å². The lowest BCUT2D eigenvalue weighted by Gasteiger charge is -2.33. The molecular weight excluding hydrogens is 504 g/mol. The summed E-state index contributed by atoms with van der Waals surface area (Å²) >= 11 is 0. The van der Waals surface area contributed by atoms with Crippen molar-refractivity contribution in [2.75, 3.05) is 0 Å². The maximum absolute atomic E-state index is 13.2. The van der Waals surface area contributed by atoms with E-state index in [0.717, 1.165) is 44.9 Å². The zero-order chi connectivity index (χ0) is 29.7. The standard InChI is InChI=1S/C34H50O6/c1-9-33(17-13-27(21-33)19-25(6)30(36)38-32(8)15-11-10-12-16-32)39-31(37)26(7)20-28-14-18-34(22-28,24(4)5)40-29(35)23(2)3/h9,19-20,24,27-28H,1-2,10-18,21-22H2,3-8H3/b25-19+,26-20+. The first kappa shape index (κ1) is 31.9. The van der Waals surface area contributed by atoms with Gasteiger partial charge in [-0.15, -0.1) is 0 Å². The molecular formula is C34H50O6. The smallest absolute Gasteiger partial charge is 0.334 e. The van der Waals surface area contributed by atoms with E-state index >= 15 is 0 Å². The summed E-state index contributed by atoms with van der Waals surface area (Å²) in [5, 5.41) is 0. The van der Waals surface area contributed by atoms with Crippen molar-refractivity contribution >= 4 is 17.9 Å². The van der Waals surface area contributed by atoms with E-state index in [1.54, 1.807) is 19.9 Å². The van der Waals surface area contributed by atoms with Gasteiger partial charge in [-0.3, -0.25) is 0 Å². The number of esters is 3. The van der Waals surface area contributed by atoms with Crippen LogP contribution in [0.2, 0.25) is 0 Å². The molecule has 0 radical (unpaired) electrons. The normalized spacial score (nSPS) is 30.6. The van der Waals surface area contributed by atoms with E-state index in [1.807, 2.05) is 26.0 Å². The molecule has 0 aromatic heterocycles. The lowest BCUT2D eigenvalue weighted by molar-refractivity contribution is -0.159. The van der Waals surface area contributed by atoms with Crippen LogP contribution in [-0.4, -0.2) is 34.7 Å². The van der Waals surface area contributed by atoms with Gasteiger partial charge in [-0.2, -0.15) is 0 Å². The van der Waals surface area contributed by atoms with Gasteiger partial charge in [0, 0.05) is 16.7 Å². The van der Waals surface area contributed by atoms with Crippen LogP contribution in [0.25, 0.3) is 0 Å². The van der Waals surface area contributed by atoms with Gasteiger partial charge in [0.1, 0.15) is 16.8 Å². The molecule has 3 aliphatic rings. The Bertz CT molecular complexity index is 1060. The lowest BCUT2D eigenvalue weighted by Crippen LogP contribution is -2.38. The molecule has 0 bridgehead atoms. The van der Waals surface area contributed by atoms with Crippen molar-refractivity contribution in [3.63, 3.8) is 0 Å². The molecule has 222 valence electrons. The summed E-state index contributed by atoms with van der Waals surface area (Å²) in [4.78, 5) is 38.3. The molecule has 0 saturated heterocycles. The van der Waals surface area contributed by atoms with E-state index in [4.69, 9.17) is 14.2 Å². The molecule has 6 nitrogen and oxygen atoms in total. The minimum Gasteiger partial charge on any atom is -0.456 e. The SMILES string of the molecule is C=CC1(OC(=O)/C(C)=C/C2CCC(OC(=O)C(=C)C)(C(C)C)C2)CCC(/C=C(\C)C(=O)OC2(C)CCCCC2)C1. The number of ether oxygens (including phenoxy) is 3. The Hall–Kier alpha value is -2.63. The minimum absolute atomic E-state index is 0.103.